The van der Waals surface area contributed by atoms with Crippen molar-refractivity contribution in [2.75, 3.05) is 0 Å². The molecule has 0 saturated heterocycles. The normalized spacial score (nSPS) is 22.3. The van der Waals surface area contributed by atoms with Crippen molar-refractivity contribution in [1.29, 1.82) is 0 Å². The zero-order chi connectivity index (χ0) is 11.0. The highest BCUT2D eigenvalue weighted by Crippen LogP contribution is 2.31. The van der Waals surface area contributed by atoms with E-state index in [9.17, 15) is 0 Å². The molecule has 1 aromatic rings. The maximum absolute atomic E-state index is 6.44. The molecule has 0 aliphatic heterocycles. The first-order chi connectivity index (χ1) is 7.75. The summed E-state index contributed by atoms with van der Waals surface area (Å²) in [4.78, 5) is 0. The number of hydrogen-bond acceptors (Lipinski definition) is 1. The van der Waals surface area contributed by atoms with Crippen molar-refractivity contribution in [1.82, 2.24) is 0 Å². The summed E-state index contributed by atoms with van der Waals surface area (Å²) in [5.74, 6) is 0. The van der Waals surface area contributed by atoms with Crippen LogP contribution in [0.4, 0.5) is 0 Å². The van der Waals surface area contributed by atoms with E-state index in [-0.39, 0.29) is 5.54 Å². The Hall–Kier alpha value is -0.820. The van der Waals surface area contributed by atoms with Crippen molar-refractivity contribution in [2.45, 2.75) is 56.9 Å². The molecule has 0 radical (unpaired) electrons. The summed E-state index contributed by atoms with van der Waals surface area (Å²) in [6.45, 7) is 0. The molecule has 2 N–H and O–H groups in total. The second-order valence-electron chi connectivity index (χ2n) is 5.70. The minimum atomic E-state index is 0.104. The van der Waals surface area contributed by atoms with Crippen molar-refractivity contribution in [3.8, 4) is 0 Å². The Morgan fingerprint density at radius 1 is 1.00 bits per heavy atom. The molecule has 0 amide bonds. The molecule has 16 heavy (non-hydrogen) atoms. The second-order valence-corrected chi connectivity index (χ2v) is 5.70. The molecule has 3 rings (SSSR count). The Morgan fingerprint density at radius 2 is 1.75 bits per heavy atom. The van der Waals surface area contributed by atoms with E-state index >= 15 is 0 Å². The maximum Gasteiger partial charge on any atom is 0.0195 e. The summed E-state index contributed by atoms with van der Waals surface area (Å²) >= 11 is 0. The Balaban J connectivity index is 1.80. The van der Waals surface area contributed by atoms with Gasteiger partial charge in [-0.25, -0.2) is 0 Å². The third-order valence-electron chi connectivity index (χ3n) is 4.32. The zero-order valence-corrected chi connectivity index (χ0v) is 9.97. The molecule has 0 atom stereocenters. The predicted octanol–water partition coefficient (Wildman–Crippen LogP) is 2.99. The average molecular weight is 215 g/mol. The van der Waals surface area contributed by atoms with Crippen LogP contribution in [0.3, 0.4) is 0 Å². The molecule has 86 valence electrons. The van der Waals surface area contributed by atoms with Gasteiger partial charge in [-0.2, -0.15) is 0 Å². The molecular weight excluding hydrogens is 194 g/mol. The van der Waals surface area contributed by atoms with Crippen molar-refractivity contribution < 1.29 is 0 Å². The van der Waals surface area contributed by atoms with Gasteiger partial charge in [0.2, 0.25) is 0 Å². The molecule has 0 unspecified atom stereocenters. The molecule has 1 fully saturated rings. The lowest BCUT2D eigenvalue weighted by Crippen LogP contribution is -2.38. The van der Waals surface area contributed by atoms with E-state index in [1.807, 2.05) is 0 Å². The fourth-order valence-electron chi connectivity index (χ4n) is 3.40. The fourth-order valence-corrected chi connectivity index (χ4v) is 3.40. The molecule has 0 aromatic heterocycles. The van der Waals surface area contributed by atoms with E-state index < -0.39 is 0 Å². The molecule has 1 heteroatoms. The number of hydrogen-bond donors (Lipinski definition) is 1. The Kier molecular flexibility index (Phi) is 2.51. The van der Waals surface area contributed by atoms with Gasteiger partial charge in [-0.15, -0.1) is 0 Å². The molecular formula is C15H21N. The highest BCUT2D eigenvalue weighted by molar-refractivity contribution is 5.36. The Bertz CT molecular complexity index is 388. The number of benzene rings is 1. The summed E-state index contributed by atoms with van der Waals surface area (Å²) in [7, 11) is 0. The molecule has 0 heterocycles. The quantitative estimate of drug-likeness (QED) is 0.806. The van der Waals surface area contributed by atoms with E-state index in [4.69, 9.17) is 5.73 Å². The van der Waals surface area contributed by atoms with E-state index in [0.29, 0.717) is 0 Å². The molecule has 1 nitrogen and oxygen atoms in total. The van der Waals surface area contributed by atoms with E-state index in [1.54, 1.807) is 11.1 Å². The summed E-state index contributed by atoms with van der Waals surface area (Å²) < 4.78 is 0. The number of rotatable bonds is 2. The topological polar surface area (TPSA) is 26.0 Å². The Morgan fingerprint density at radius 3 is 2.56 bits per heavy atom. The van der Waals surface area contributed by atoms with Crippen molar-refractivity contribution in [3.63, 3.8) is 0 Å². The van der Waals surface area contributed by atoms with Gasteiger partial charge in [0.05, 0.1) is 0 Å². The van der Waals surface area contributed by atoms with E-state index in [1.165, 1.54) is 50.5 Å². The standard InChI is InChI=1S/C15H21N/c16-15(8-1-2-9-15)11-12-6-7-13-4-3-5-14(13)10-12/h6-7,10H,1-5,8-9,11,16H2. The first kappa shape index (κ1) is 10.3. The molecule has 2 aliphatic carbocycles. The minimum absolute atomic E-state index is 0.104. The summed E-state index contributed by atoms with van der Waals surface area (Å²) in [6, 6.07) is 7.04. The summed E-state index contributed by atoms with van der Waals surface area (Å²) in [6.07, 6.45) is 10.0. The van der Waals surface area contributed by atoms with Crippen LogP contribution in [-0.4, -0.2) is 5.54 Å². The number of aryl methyl sites for hydroxylation is 2. The lowest BCUT2D eigenvalue weighted by atomic mass is 9.89. The van der Waals surface area contributed by atoms with Crippen LogP contribution in [0.15, 0.2) is 18.2 Å². The van der Waals surface area contributed by atoms with Crippen molar-refractivity contribution in [3.05, 3.63) is 34.9 Å². The molecule has 2 aliphatic rings. The van der Waals surface area contributed by atoms with Gasteiger partial charge in [-0.3, -0.25) is 0 Å². The van der Waals surface area contributed by atoms with E-state index in [0.717, 1.165) is 6.42 Å². The van der Waals surface area contributed by atoms with Crippen LogP contribution in [-0.2, 0) is 19.3 Å². The Labute approximate surface area is 98.0 Å². The van der Waals surface area contributed by atoms with Gasteiger partial charge in [0.15, 0.2) is 0 Å². The third-order valence-corrected chi connectivity index (χ3v) is 4.32. The number of nitrogens with two attached hydrogens (primary N) is 1. The van der Waals surface area contributed by atoms with Crippen LogP contribution in [0.5, 0.6) is 0 Å². The van der Waals surface area contributed by atoms with Crippen LogP contribution in [0.1, 0.15) is 48.8 Å². The lowest BCUT2D eigenvalue weighted by Gasteiger charge is -2.23. The van der Waals surface area contributed by atoms with Gasteiger partial charge in [0.1, 0.15) is 0 Å². The third kappa shape index (κ3) is 1.89. The fraction of sp³-hybridized carbons (Fsp3) is 0.600. The molecule has 1 saturated carbocycles. The monoisotopic (exact) mass is 215 g/mol. The van der Waals surface area contributed by atoms with Gasteiger partial charge >= 0.3 is 0 Å². The van der Waals surface area contributed by atoms with Crippen LogP contribution >= 0.6 is 0 Å². The smallest absolute Gasteiger partial charge is 0.0195 e. The minimum Gasteiger partial charge on any atom is -0.325 e. The summed E-state index contributed by atoms with van der Waals surface area (Å²) in [5.41, 5.74) is 11.2. The van der Waals surface area contributed by atoms with Crippen molar-refractivity contribution in [2.24, 2.45) is 5.73 Å². The molecule has 0 spiro atoms. The van der Waals surface area contributed by atoms with Gasteiger partial charge in [-0.05, 0) is 55.2 Å². The first-order valence-corrected chi connectivity index (χ1v) is 6.65. The highest BCUT2D eigenvalue weighted by Gasteiger charge is 2.29. The highest BCUT2D eigenvalue weighted by atomic mass is 14.7. The van der Waals surface area contributed by atoms with Gasteiger partial charge in [0, 0.05) is 5.54 Å². The lowest BCUT2D eigenvalue weighted by molar-refractivity contribution is 0.436. The second kappa shape index (κ2) is 3.89. The predicted molar refractivity (Wildman–Crippen MR) is 67.6 cm³/mol. The SMILES string of the molecule is NC1(Cc2ccc3c(c2)CCC3)CCCC1. The van der Waals surface area contributed by atoms with Gasteiger partial charge < -0.3 is 5.73 Å². The largest absolute Gasteiger partial charge is 0.325 e. The first-order valence-electron chi connectivity index (χ1n) is 6.65. The van der Waals surface area contributed by atoms with E-state index in [2.05, 4.69) is 18.2 Å². The number of fused-ring (bicyclic) bond motifs is 1. The average Bonchev–Trinajstić information content (AvgIpc) is 2.86. The van der Waals surface area contributed by atoms with Crippen LogP contribution in [0.2, 0.25) is 0 Å². The molecule has 0 bridgehead atoms. The van der Waals surface area contributed by atoms with Gasteiger partial charge in [-0.1, -0.05) is 31.0 Å². The van der Waals surface area contributed by atoms with Crippen molar-refractivity contribution >= 4 is 0 Å². The maximum atomic E-state index is 6.44. The van der Waals surface area contributed by atoms with Gasteiger partial charge in [0.25, 0.3) is 0 Å². The molecule has 1 aromatic carbocycles. The summed E-state index contributed by atoms with van der Waals surface area (Å²) in [5, 5.41) is 0. The zero-order valence-electron chi connectivity index (χ0n) is 9.97. The van der Waals surface area contributed by atoms with Crippen LogP contribution in [0.25, 0.3) is 0 Å². The van der Waals surface area contributed by atoms with Crippen LogP contribution < -0.4 is 5.73 Å². The van der Waals surface area contributed by atoms with Crippen LogP contribution in [0, 0.1) is 0 Å².